The zero-order valence-electron chi connectivity index (χ0n) is 12.7. The normalized spacial score (nSPS) is 19.5. The molecule has 0 unspecified atom stereocenters. The van der Waals surface area contributed by atoms with Gasteiger partial charge in [-0.1, -0.05) is 12.8 Å². The highest BCUT2D eigenvalue weighted by Gasteiger charge is 2.37. The van der Waals surface area contributed by atoms with Crippen LogP contribution in [0.4, 0.5) is 0 Å². The van der Waals surface area contributed by atoms with Crippen molar-refractivity contribution < 1.29 is 14.3 Å². The number of nitrogens with zero attached hydrogens (tertiary/aromatic N) is 1. The Bertz CT molecular complexity index is 600. The molecule has 22 heavy (non-hydrogen) atoms. The summed E-state index contributed by atoms with van der Waals surface area (Å²) >= 11 is 3.59. The van der Waals surface area contributed by atoms with Crippen molar-refractivity contribution in [2.45, 2.75) is 44.1 Å². The van der Waals surface area contributed by atoms with Crippen LogP contribution in [0, 0.1) is 5.92 Å². The Hall–Kier alpha value is -1.32. The molecule has 4 nitrogen and oxygen atoms in total. The number of benzene rings is 1. The Morgan fingerprint density at radius 3 is 2.68 bits per heavy atom. The summed E-state index contributed by atoms with van der Waals surface area (Å²) < 4.78 is 12.3. The fourth-order valence-corrected chi connectivity index (χ4v) is 3.68. The zero-order chi connectivity index (χ0) is 15.6. The molecule has 0 saturated heterocycles. The molecule has 118 valence electrons. The van der Waals surface area contributed by atoms with E-state index in [0.717, 1.165) is 48.1 Å². The van der Waals surface area contributed by atoms with Gasteiger partial charge in [0.15, 0.2) is 11.5 Å². The van der Waals surface area contributed by atoms with E-state index >= 15 is 0 Å². The predicted molar refractivity (Wildman–Crippen MR) is 87.2 cm³/mol. The van der Waals surface area contributed by atoms with Crippen molar-refractivity contribution in [1.82, 2.24) is 0 Å². The Morgan fingerprint density at radius 1 is 1.36 bits per heavy atom. The molecule has 0 bridgehead atoms. The van der Waals surface area contributed by atoms with Crippen LogP contribution in [0.1, 0.15) is 44.1 Å². The summed E-state index contributed by atoms with van der Waals surface area (Å²) in [6.07, 6.45) is 8.15. The quantitative estimate of drug-likeness (QED) is 0.556. The Morgan fingerprint density at radius 2 is 2.09 bits per heavy atom. The molecule has 5 heteroatoms. The van der Waals surface area contributed by atoms with Gasteiger partial charge in [0.25, 0.3) is 0 Å². The number of aliphatic imine (C=N–C) groups is 1. The summed E-state index contributed by atoms with van der Waals surface area (Å²) in [5, 5.41) is 0. The minimum Gasteiger partial charge on any atom is -0.493 e. The maximum absolute atomic E-state index is 10.9. The van der Waals surface area contributed by atoms with E-state index in [2.05, 4.69) is 20.9 Å². The standard InChI is InChI=1S/C17H20BrNO3/c1-21-15-9-13(17(19-11-20)6-2-3-7-17)8-14(18)16(15)22-10-12-4-5-12/h8-9,12H,2-7,10H2,1H3. The van der Waals surface area contributed by atoms with Gasteiger partial charge < -0.3 is 9.47 Å². The van der Waals surface area contributed by atoms with E-state index in [0.29, 0.717) is 11.7 Å². The van der Waals surface area contributed by atoms with Crippen molar-refractivity contribution in [2.75, 3.05) is 13.7 Å². The lowest BCUT2D eigenvalue weighted by molar-refractivity contribution is 0.278. The first-order valence-corrected chi connectivity index (χ1v) is 8.58. The van der Waals surface area contributed by atoms with Gasteiger partial charge in [-0.2, -0.15) is 4.99 Å². The fourth-order valence-electron chi connectivity index (χ4n) is 3.13. The van der Waals surface area contributed by atoms with Gasteiger partial charge >= 0.3 is 0 Å². The maximum atomic E-state index is 10.9. The molecule has 1 aromatic carbocycles. The van der Waals surface area contributed by atoms with Gasteiger partial charge in [-0.3, -0.25) is 0 Å². The smallest absolute Gasteiger partial charge is 0.235 e. The summed E-state index contributed by atoms with van der Waals surface area (Å²) in [7, 11) is 1.64. The van der Waals surface area contributed by atoms with Crippen LogP contribution in [-0.4, -0.2) is 19.8 Å². The summed E-state index contributed by atoms with van der Waals surface area (Å²) in [6.45, 7) is 0.728. The van der Waals surface area contributed by atoms with Gasteiger partial charge in [0.2, 0.25) is 6.08 Å². The number of rotatable bonds is 6. The molecule has 0 amide bonds. The van der Waals surface area contributed by atoms with E-state index in [1.807, 2.05) is 12.1 Å². The van der Waals surface area contributed by atoms with E-state index in [-0.39, 0.29) is 0 Å². The number of ether oxygens (including phenoxy) is 2. The Labute approximate surface area is 139 Å². The van der Waals surface area contributed by atoms with Gasteiger partial charge in [-0.05, 0) is 65.2 Å². The molecular weight excluding hydrogens is 346 g/mol. The van der Waals surface area contributed by atoms with Crippen molar-refractivity contribution in [1.29, 1.82) is 0 Å². The van der Waals surface area contributed by atoms with Crippen molar-refractivity contribution in [3.8, 4) is 11.5 Å². The first-order valence-electron chi connectivity index (χ1n) is 7.78. The Kier molecular flexibility index (Phi) is 4.55. The van der Waals surface area contributed by atoms with E-state index < -0.39 is 5.54 Å². The fraction of sp³-hybridized carbons (Fsp3) is 0.588. The number of carbonyl (C=O) groups excluding carboxylic acids is 1. The van der Waals surface area contributed by atoms with Crippen LogP contribution in [0.5, 0.6) is 11.5 Å². The van der Waals surface area contributed by atoms with Crippen LogP contribution < -0.4 is 9.47 Å². The highest BCUT2D eigenvalue weighted by Crippen LogP contribution is 2.47. The van der Waals surface area contributed by atoms with E-state index in [4.69, 9.17) is 9.47 Å². The molecule has 0 aliphatic heterocycles. The molecule has 0 spiro atoms. The average Bonchev–Trinajstić information content (AvgIpc) is 3.22. The molecule has 0 aromatic heterocycles. The molecule has 0 radical (unpaired) electrons. The van der Waals surface area contributed by atoms with Gasteiger partial charge in [0.1, 0.15) is 0 Å². The van der Waals surface area contributed by atoms with Crippen molar-refractivity contribution in [3.63, 3.8) is 0 Å². The molecular formula is C17H20BrNO3. The minimum absolute atomic E-state index is 0.452. The van der Waals surface area contributed by atoms with Gasteiger partial charge in [0, 0.05) is 0 Å². The molecule has 2 fully saturated rings. The van der Waals surface area contributed by atoms with Crippen LogP contribution in [-0.2, 0) is 10.3 Å². The molecule has 3 rings (SSSR count). The second-order valence-corrected chi connectivity index (χ2v) is 7.04. The SMILES string of the molecule is COc1cc(C2(N=C=O)CCCC2)cc(Br)c1OCC1CC1. The number of hydrogen-bond donors (Lipinski definition) is 0. The predicted octanol–water partition coefficient (Wildman–Crippen LogP) is 4.35. The van der Waals surface area contributed by atoms with Crippen molar-refractivity contribution in [3.05, 3.63) is 22.2 Å². The summed E-state index contributed by atoms with van der Waals surface area (Å²) in [6, 6.07) is 3.97. The molecule has 2 saturated carbocycles. The summed E-state index contributed by atoms with van der Waals surface area (Å²) in [4.78, 5) is 15.0. The van der Waals surface area contributed by atoms with Crippen molar-refractivity contribution in [2.24, 2.45) is 10.9 Å². The molecule has 0 N–H and O–H groups in total. The van der Waals surface area contributed by atoms with Gasteiger partial charge in [-0.25, -0.2) is 4.79 Å². The van der Waals surface area contributed by atoms with Crippen LogP contribution in [0.15, 0.2) is 21.6 Å². The molecule has 0 atom stereocenters. The van der Waals surface area contributed by atoms with E-state index in [1.54, 1.807) is 13.2 Å². The van der Waals surface area contributed by atoms with Crippen LogP contribution >= 0.6 is 15.9 Å². The average molecular weight is 366 g/mol. The third-order valence-electron chi connectivity index (χ3n) is 4.62. The largest absolute Gasteiger partial charge is 0.493 e. The lowest BCUT2D eigenvalue weighted by atomic mass is 9.88. The zero-order valence-corrected chi connectivity index (χ0v) is 14.3. The minimum atomic E-state index is -0.452. The number of isocyanates is 1. The first-order chi connectivity index (χ1) is 10.7. The second kappa shape index (κ2) is 6.43. The highest BCUT2D eigenvalue weighted by atomic mass is 79.9. The Balaban J connectivity index is 1.94. The molecule has 1 aromatic rings. The summed E-state index contributed by atoms with van der Waals surface area (Å²) in [5.74, 6) is 2.11. The second-order valence-electron chi connectivity index (χ2n) is 6.19. The number of halogens is 1. The topological polar surface area (TPSA) is 47.9 Å². The molecule has 2 aliphatic rings. The maximum Gasteiger partial charge on any atom is 0.235 e. The lowest BCUT2D eigenvalue weighted by Crippen LogP contribution is -2.19. The van der Waals surface area contributed by atoms with E-state index in [9.17, 15) is 4.79 Å². The number of methoxy groups -OCH3 is 1. The number of hydrogen-bond acceptors (Lipinski definition) is 4. The molecule has 0 heterocycles. The van der Waals surface area contributed by atoms with Gasteiger partial charge in [-0.15, -0.1) is 0 Å². The summed E-state index contributed by atoms with van der Waals surface area (Å²) in [5.41, 5.74) is 0.544. The lowest BCUT2D eigenvalue weighted by Gasteiger charge is -2.24. The van der Waals surface area contributed by atoms with Crippen molar-refractivity contribution >= 4 is 22.0 Å². The third kappa shape index (κ3) is 3.06. The van der Waals surface area contributed by atoms with Crippen LogP contribution in [0.3, 0.4) is 0 Å². The van der Waals surface area contributed by atoms with E-state index in [1.165, 1.54) is 12.8 Å². The van der Waals surface area contributed by atoms with Crippen LogP contribution in [0.25, 0.3) is 0 Å². The third-order valence-corrected chi connectivity index (χ3v) is 5.21. The monoisotopic (exact) mass is 365 g/mol. The first kappa shape index (κ1) is 15.6. The van der Waals surface area contributed by atoms with Gasteiger partial charge in [0.05, 0.1) is 23.7 Å². The van der Waals surface area contributed by atoms with Crippen LogP contribution in [0.2, 0.25) is 0 Å². The molecule has 2 aliphatic carbocycles. The highest BCUT2D eigenvalue weighted by molar-refractivity contribution is 9.10.